The van der Waals surface area contributed by atoms with Crippen LogP contribution in [0.1, 0.15) is 17.0 Å². The summed E-state index contributed by atoms with van der Waals surface area (Å²) in [6.45, 7) is 2.12. The van der Waals surface area contributed by atoms with Gasteiger partial charge < -0.3 is 9.26 Å². The van der Waals surface area contributed by atoms with Crippen molar-refractivity contribution in [3.63, 3.8) is 0 Å². The van der Waals surface area contributed by atoms with E-state index in [4.69, 9.17) is 26.1 Å². The molecule has 17 heavy (non-hydrogen) atoms. The zero-order valence-corrected chi connectivity index (χ0v) is 9.86. The second kappa shape index (κ2) is 4.89. The third-order valence-electron chi connectivity index (χ3n) is 2.12. The molecule has 0 aliphatic heterocycles. The first-order valence-electron chi connectivity index (χ1n) is 4.93. The smallest absolute Gasteiger partial charge is 0.134 e. The molecule has 0 atom stereocenters. The highest BCUT2D eigenvalue weighted by Crippen LogP contribution is 2.22. The Hall–Kier alpha value is -1.99. The summed E-state index contributed by atoms with van der Waals surface area (Å²) in [5.41, 5.74) is 1.14. The number of aromatic nitrogens is 1. The second-order valence-electron chi connectivity index (χ2n) is 3.47. The van der Waals surface area contributed by atoms with Crippen molar-refractivity contribution in [1.29, 1.82) is 5.26 Å². The predicted molar refractivity (Wildman–Crippen MR) is 61.7 cm³/mol. The van der Waals surface area contributed by atoms with Crippen molar-refractivity contribution in [2.75, 3.05) is 0 Å². The molecular formula is C12H9ClN2O2. The fraction of sp³-hybridized carbons (Fsp3) is 0.167. The molecule has 86 valence electrons. The van der Waals surface area contributed by atoms with E-state index >= 15 is 0 Å². The van der Waals surface area contributed by atoms with Crippen LogP contribution in [0.3, 0.4) is 0 Å². The number of halogens is 1. The Morgan fingerprint density at radius 3 is 2.88 bits per heavy atom. The minimum atomic E-state index is 0.305. The van der Waals surface area contributed by atoms with Gasteiger partial charge in [0, 0.05) is 12.1 Å². The van der Waals surface area contributed by atoms with Crippen molar-refractivity contribution in [1.82, 2.24) is 5.16 Å². The van der Waals surface area contributed by atoms with Crippen molar-refractivity contribution < 1.29 is 9.26 Å². The fourth-order valence-corrected chi connectivity index (χ4v) is 1.53. The third-order valence-corrected chi connectivity index (χ3v) is 2.44. The normalized spacial score (nSPS) is 9.94. The number of nitrogens with zero attached hydrogens (tertiary/aromatic N) is 2. The summed E-state index contributed by atoms with van der Waals surface area (Å²) >= 11 is 5.88. The molecule has 2 aromatic rings. The highest BCUT2D eigenvalue weighted by atomic mass is 35.5. The third kappa shape index (κ3) is 2.77. The van der Waals surface area contributed by atoms with Gasteiger partial charge in [-0.1, -0.05) is 16.8 Å². The summed E-state index contributed by atoms with van der Waals surface area (Å²) in [6.07, 6.45) is 0. The molecule has 2 rings (SSSR count). The molecule has 0 bridgehead atoms. The first-order chi connectivity index (χ1) is 8.19. The lowest BCUT2D eigenvalue weighted by atomic mass is 10.2. The van der Waals surface area contributed by atoms with Gasteiger partial charge >= 0.3 is 0 Å². The van der Waals surface area contributed by atoms with E-state index in [9.17, 15) is 0 Å². The summed E-state index contributed by atoms with van der Waals surface area (Å²) in [5, 5.41) is 12.9. The summed E-state index contributed by atoms with van der Waals surface area (Å²) in [6, 6.07) is 8.69. The first-order valence-corrected chi connectivity index (χ1v) is 5.31. The minimum Gasteiger partial charge on any atom is -0.487 e. The maximum Gasteiger partial charge on any atom is 0.134 e. The number of nitriles is 1. The standard InChI is InChI=1S/C12H9ClN2O2/c1-8-4-10(15-17-8)7-16-11-3-2-9(6-14)12(13)5-11/h2-5H,7H2,1H3. The highest BCUT2D eigenvalue weighted by molar-refractivity contribution is 6.31. The number of hydrogen-bond acceptors (Lipinski definition) is 4. The van der Waals surface area contributed by atoms with Crippen LogP contribution in [0.2, 0.25) is 5.02 Å². The SMILES string of the molecule is Cc1cc(COc2ccc(C#N)c(Cl)c2)no1. The van der Waals surface area contributed by atoms with Crippen molar-refractivity contribution >= 4 is 11.6 Å². The Balaban J connectivity index is 2.05. The van der Waals surface area contributed by atoms with Crippen molar-refractivity contribution in [3.05, 3.63) is 46.3 Å². The predicted octanol–water partition coefficient (Wildman–Crippen LogP) is 3.09. The van der Waals surface area contributed by atoms with Crippen molar-refractivity contribution in [3.8, 4) is 11.8 Å². The second-order valence-corrected chi connectivity index (χ2v) is 3.88. The maximum absolute atomic E-state index is 8.72. The summed E-state index contributed by atoms with van der Waals surface area (Å²) in [4.78, 5) is 0. The van der Waals surface area contributed by atoms with Crippen molar-refractivity contribution in [2.45, 2.75) is 13.5 Å². The Kier molecular flexibility index (Phi) is 3.31. The quantitative estimate of drug-likeness (QED) is 0.838. The van der Waals surface area contributed by atoms with E-state index in [0.717, 1.165) is 5.76 Å². The summed E-state index contributed by atoms with van der Waals surface area (Å²) in [7, 11) is 0. The molecule has 0 radical (unpaired) electrons. The topological polar surface area (TPSA) is 59.0 Å². The molecule has 0 aliphatic rings. The fourth-order valence-electron chi connectivity index (χ4n) is 1.32. The average Bonchev–Trinajstić information content (AvgIpc) is 2.73. The van der Waals surface area contributed by atoms with Crippen LogP contribution in [0.5, 0.6) is 5.75 Å². The molecule has 0 amide bonds. The Bertz CT molecular complexity index is 572. The van der Waals surface area contributed by atoms with E-state index in [0.29, 0.717) is 28.6 Å². The Morgan fingerprint density at radius 2 is 2.29 bits per heavy atom. The van der Waals surface area contributed by atoms with Crippen LogP contribution >= 0.6 is 11.6 Å². The van der Waals surface area contributed by atoms with Gasteiger partial charge in [0.2, 0.25) is 0 Å². The van der Waals surface area contributed by atoms with Crippen LogP contribution in [-0.4, -0.2) is 5.16 Å². The number of aryl methyl sites for hydroxylation is 1. The van der Waals surface area contributed by atoms with Gasteiger partial charge in [-0.2, -0.15) is 5.26 Å². The largest absolute Gasteiger partial charge is 0.487 e. The van der Waals surface area contributed by atoms with Gasteiger partial charge in [-0.25, -0.2) is 0 Å². The van der Waals surface area contributed by atoms with Crippen LogP contribution in [0.25, 0.3) is 0 Å². The van der Waals surface area contributed by atoms with Gasteiger partial charge in [0.15, 0.2) is 0 Å². The number of hydrogen-bond donors (Lipinski definition) is 0. The summed E-state index contributed by atoms with van der Waals surface area (Å²) < 4.78 is 10.4. The molecule has 0 saturated heterocycles. The van der Waals surface area contributed by atoms with Gasteiger partial charge in [0.05, 0.1) is 10.6 Å². The molecule has 0 N–H and O–H groups in total. The first kappa shape index (κ1) is 11.5. The molecular weight excluding hydrogens is 240 g/mol. The highest BCUT2D eigenvalue weighted by Gasteiger charge is 2.04. The molecule has 4 nitrogen and oxygen atoms in total. The van der Waals surface area contributed by atoms with E-state index < -0.39 is 0 Å². The molecule has 5 heteroatoms. The van der Waals surface area contributed by atoms with Crippen LogP contribution in [-0.2, 0) is 6.61 Å². The van der Waals surface area contributed by atoms with E-state index in [-0.39, 0.29) is 0 Å². The van der Waals surface area contributed by atoms with Gasteiger partial charge in [-0.05, 0) is 19.1 Å². The van der Waals surface area contributed by atoms with E-state index in [2.05, 4.69) is 5.16 Å². The average molecular weight is 249 g/mol. The van der Waals surface area contributed by atoms with Gasteiger partial charge in [0.1, 0.15) is 29.9 Å². The molecule has 1 aromatic carbocycles. The summed E-state index contributed by atoms with van der Waals surface area (Å²) in [5.74, 6) is 1.33. The number of ether oxygens (including phenoxy) is 1. The van der Waals surface area contributed by atoms with Crippen LogP contribution in [0.4, 0.5) is 0 Å². The lowest BCUT2D eigenvalue weighted by Crippen LogP contribution is -1.95. The zero-order valence-electron chi connectivity index (χ0n) is 9.11. The van der Waals surface area contributed by atoms with Crippen LogP contribution < -0.4 is 4.74 Å². The molecule has 0 aliphatic carbocycles. The lowest BCUT2D eigenvalue weighted by molar-refractivity contribution is 0.288. The van der Waals surface area contributed by atoms with E-state index in [1.807, 2.05) is 13.0 Å². The lowest BCUT2D eigenvalue weighted by Gasteiger charge is -2.04. The van der Waals surface area contributed by atoms with E-state index in [1.165, 1.54) is 0 Å². The monoisotopic (exact) mass is 248 g/mol. The van der Waals surface area contributed by atoms with Crippen LogP contribution in [0.15, 0.2) is 28.8 Å². The zero-order chi connectivity index (χ0) is 12.3. The number of benzene rings is 1. The van der Waals surface area contributed by atoms with E-state index in [1.54, 1.807) is 24.3 Å². The number of rotatable bonds is 3. The molecule has 0 saturated carbocycles. The van der Waals surface area contributed by atoms with Gasteiger partial charge in [-0.3, -0.25) is 0 Å². The van der Waals surface area contributed by atoms with Gasteiger partial charge in [0.25, 0.3) is 0 Å². The molecule has 0 unspecified atom stereocenters. The Labute approximate surface area is 103 Å². The molecule has 1 heterocycles. The maximum atomic E-state index is 8.72. The minimum absolute atomic E-state index is 0.305. The molecule has 1 aromatic heterocycles. The molecule has 0 spiro atoms. The molecule has 0 fully saturated rings. The van der Waals surface area contributed by atoms with Crippen LogP contribution in [0, 0.1) is 18.3 Å². The Morgan fingerprint density at radius 1 is 1.47 bits per heavy atom. The van der Waals surface area contributed by atoms with Crippen molar-refractivity contribution in [2.24, 2.45) is 0 Å². The van der Waals surface area contributed by atoms with Gasteiger partial charge in [-0.15, -0.1) is 0 Å².